The molecule has 5 heteroatoms. The molecule has 0 aliphatic rings. The Kier molecular flexibility index (Phi) is 5.38. The van der Waals surface area contributed by atoms with Gasteiger partial charge in [-0.05, 0) is 41.0 Å². The summed E-state index contributed by atoms with van der Waals surface area (Å²) < 4.78 is 7.11. The van der Waals surface area contributed by atoms with Crippen LogP contribution in [0, 0.1) is 0 Å². The summed E-state index contributed by atoms with van der Waals surface area (Å²) in [5.74, 6) is 0.540. The van der Waals surface area contributed by atoms with E-state index < -0.39 is 0 Å². The van der Waals surface area contributed by atoms with Gasteiger partial charge in [-0.3, -0.25) is 9.48 Å². The fourth-order valence-corrected chi connectivity index (χ4v) is 3.20. The van der Waals surface area contributed by atoms with E-state index in [9.17, 15) is 4.79 Å². The van der Waals surface area contributed by atoms with Crippen LogP contribution in [0.4, 0.5) is 5.69 Å². The highest BCUT2D eigenvalue weighted by Gasteiger charge is 2.13. The molecule has 3 aromatic carbocycles. The van der Waals surface area contributed by atoms with Crippen LogP contribution in [0.2, 0.25) is 0 Å². The highest BCUT2D eigenvalue weighted by molar-refractivity contribution is 6.08. The third-order valence-corrected chi connectivity index (χ3v) is 4.67. The van der Waals surface area contributed by atoms with Crippen LogP contribution in [0.1, 0.15) is 15.9 Å². The molecule has 0 unspecified atom stereocenters. The first-order chi connectivity index (χ1) is 14.2. The van der Waals surface area contributed by atoms with Gasteiger partial charge in [0.15, 0.2) is 0 Å². The lowest BCUT2D eigenvalue weighted by Gasteiger charge is -2.12. The summed E-state index contributed by atoms with van der Waals surface area (Å²) in [6.45, 7) is 0.714. The largest absolute Gasteiger partial charge is 0.497 e. The molecule has 29 heavy (non-hydrogen) atoms. The summed E-state index contributed by atoms with van der Waals surface area (Å²) in [5, 5.41) is 7.19. The summed E-state index contributed by atoms with van der Waals surface area (Å²) in [4.78, 5) is 12.9. The molecule has 0 fully saturated rings. The minimum atomic E-state index is -0.158. The Bertz CT molecular complexity index is 1100. The lowest BCUT2D eigenvalue weighted by molar-refractivity contribution is 0.102. The number of carbonyl (C=O) groups is 1. The number of nitrogens with one attached hydrogen (secondary N) is 1. The summed E-state index contributed by atoms with van der Waals surface area (Å²) in [5.41, 5.74) is 4.34. The molecule has 0 radical (unpaired) electrons. The van der Waals surface area contributed by atoms with E-state index in [1.54, 1.807) is 19.4 Å². The molecule has 0 aliphatic carbocycles. The second kappa shape index (κ2) is 8.44. The molecule has 4 aromatic rings. The molecule has 0 atom stereocenters. The molecule has 1 heterocycles. The van der Waals surface area contributed by atoms with Gasteiger partial charge in [0.25, 0.3) is 5.91 Å². The lowest BCUT2D eigenvalue weighted by atomic mass is 9.98. The normalized spacial score (nSPS) is 10.5. The van der Waals surface area contributed by atoms with Crippen molar-refractivity contribution in [3.8, 4) is 16.9 Å². The molecule has 0 spiro atoms. The minimum Gasteiger partial charge on any atom is -0.497 e. The molecule has 0 aliphatic heterocycles. The molecule has 1 N–H and O–H groups in total. The predicted octanol–water partition coefficient (Wildman–Crippen LogP) is 4.86. The number of methoxy groups -OCH3 is 1. The van der Waals surface area contributed by atoms with Crippen molar-refractivity contribution in [2.45, 2.75) is 6.54 Å². The van der Waals surface area contributed by atoms with Crippen LogP contribution in [-0.2, 0) is 6.54 Å². The second-order valence-corrected chi connectivity index (χ2v) is 6.63. The molecule has 1 amide bonds. The number of benzene rings is 3. The Labute approximate surface area is 169 Å². The SMILES string of the molecule is COc1cccc(NC(=O)c2ccccc2-c2ccc(Cn3cccn3)cc2)c1. The first-order valence-corrected chi connectivity index (χ1v) is 9.34. The van der Waals surface area contributed by atoms with Crippen molar-refractivity contribution >= 4 is 11.6 Å². The fraction of sp³-hybridized carbons (Fsp3) is 0.0833. The van der Waals surface area contributed by atoms with Crippen molar-refractivity contribution in [1.29, 1.82) is 0 Å². The smallest absolute Gasteiger partial charge is 0.256 e. The van der Waals surface area contributed by atoms with Crippen LogP contribution >= 0.6 is 0 Å². The monoisotopic (exact) mass is 383 g/mol. The van der Waals surface area contributed by atoms with Gasteiger partial charge in [0.2, 0.25) is 0 Å². The van der Waals surface area contributed by atoms with Crippen LogP contribution in [0.25, 0.3) is 11.1 Å². The maximum Gasteiger partial charge on any atom is 0.256 e. The van der Waals surface area contributed by atoms with Crippen LogP contribution in [0.15, 0.2) is 91.3 Å². The van der Waals surface area contributed by atoms with Crippen molar-refractivity contribution in [2.75, 3.05) is 12.4 Å². The topological polar surface area (TPSA) is 56.1 Å². The fourth-order valence-electron chi connectivity index (χ4n) is 3.20. The maximum absolute atomic E-state index is 12.9. The minimum absolute atomic E-state index is 0.158. The van der Waals surface area contributed by atoms with E-state index in [2.05, 4.69) is 22.5 Å². The predicted molar refractivity (Wildman–Crippen MR) is 114 cm³/mol. The molecule has 5 nitrogen and oxygen atoms in total. The first kappa shape index (κ1) is 18.5. The van der Waals surface area contributed by atoms with Gasteiger partial charge in [-0.1, -0.05) is 48.5 Å². The number of amides is 1. The Hall–Kier alpha value is -3.86. The zero-order valence-corrected chi connectivity index (χ0v) is 16.1. The Morgan fingerprint density at radius 2 is 1.83 bits per heavy atom. The Morgan fingerprint density at radius 3 is 2.59 bits per heavy atom. The Balaban J connectivity index is 1.56. The summed E-state index contributed by atoms with van der Waals surface area (Å²) in [6.07, 6.45) is 3.71. The summed E-state index contributed by atoms with van der Waals surface area (Å²) in [7, 11) is 1.60. The van der Waals surface area contributed by atoms with E-state index in [0.29, 0.717) is 23.5 Å². The van der Waals surface area contributed by atoms with Gasteiger partial charge in [0.1, 0.15) is 5.75 Å². The van der Waals surface area contributed by atoms with Gasteiger partial charge in [0, 0.05) is 29.7 Å². The van der Waals surface area contributed by atoms with Gasteiger partial charge in [-0.25, -0.2) is 0 Å². The van der Waals surface area contributed by atoms with Gasteiger partial charge in [-0.2, -0.15) is 5.10 Å². The summed E-state index contributed by atoms with van der Waals surface area (Å²) >= 11 is 0. The zero-order chi connectivity index (χ0) is 20.1. The molecule has 144 valence electrons. The number of hydrogen-bond acceptors (Lipinski definition) is 3. The van der Waals surface area contributed by atoms with Crippen LogP contribution < -0.4 is 10.1 Å². The van der Waals surface area contributed by atoms with Gasteiger partial charge >= 0.3 is 0 Å². The van der Waals surface area contributed by atoms with Crippen LogP contribution in [0.3, 0.4) is 0 Å². The molecule has 4 rings (SSSR count). The number of rotatable bonds is 6. The first-order valence-electron chi connectivity index (χ1n) is 9.34. The molecule has 0 saturated carbocycles. The van der Waals surface area contributed by atoms with Crippen molar-refractivity contribution < 1.29 is 9.53 Å². The zero-order valence-electron chi connectivity index (χ0n) is 16.1. The number of hydrogen-bond donors (Lipinski definition) is 1. The van der Waals surface area contributed by atoms with E-state index in [0.717, 1.165) is 16.7 Å². The highest BCUT2D eigenvalue weighted by Crippen LogP contribution is 2.26. The highest BCUT2D eigenvalue weighted by atomic mass is 16.5. The quantitative estimate of drug-likeness (QED) is 0.517. The average molecular weight is 383 g/mol. The maximum atomic E-state index is 12.9. The van der Waals surface area contributed by atoms with Crippen molar-refractivity contribution in [1.82, 2.24) is 9.78 Å². The second-order valence-electron chi connectivity index (χ2n) is 6.63. The van der Waals surface area contributed by atoms with Crippen molar-refractivity contribution in [3.63, 3.8) is 0 Å². The third-order valence-electron chi connectivity index (χ3n) is 4.67. The molecule has 1 aromatic heterocycles. The number of ether oxygens (including phenoxy) is 1. The number of nitrogens with zero attached hydrogens (tertiary/aromatic N) is 2. The van der Waals surface area contributed by atoms with Gasteiger partial charge in [0.05, 0.1) is 13.7 Å². The number of aromatic nitrogens is 2. The van der Waals surface area contributed by atoms with E-state index in [4.69, 9.17) is 4.74 Å². The lowest BCUT2D eigenvalue weighted by Crippen LogP contribution is -2.13. The van der Waals surface area contributed by atoms with Crippen molar-refractivity contribution in [2.24, 2.45) is 0 Å². The van der Waals surface area contributed by atoms with Gasteiger partial charge in [-0.15, -0.1) is 0 Å². The van der Waals surface area contributed by atoms with E-state index in [1.807, 2.05) is 71.5 Å². The van der Waals surface area contributed by atoms with E-state index in [-0.39, 0.29) is 5.91 Å². The average Bonchev–Trinajstić information content (AvgIpc) is 3.27. The van der Waals surface area contributed by atoms with E-state index in [1.165, 1.54) is 0 Å². The third kappa shape index (κ3) is 4.35. The molecule has 0 bridgehead atoms. The van der Waals surface area contributed by atoms with Crippen LogP contribution in [-0.4, -0.2) is 22.8 Å². The molecular formula is C24H21N3O2. The van der Waals surface area contributed by atoms with Crippen molar-refractivity contribution in [3.05, 3.63) is 102 Å². The van der Waals surface area contributed by atoms with Gasteiger partial charge < -0.3 is 10.1 Å². The number of anilines is 1. The molecular weight excluding hydrogens is 362 g/mol. The summed E-state index contributed by atoms with van der Waals surface area (Å²) in [6, 6.07) is 25.0. The van der Waals surface area contributed by atoms with E-state index >= 15 is 0 Å². The van der Waals surface area contributed by atoms with Crippen LogP contribution in [0.5, 0.6) is 5.75 Å². The standard InChI is InChI=1S/C24H21N3O2/c1-29-21-7-4-6-20(16-21)26-24(28)23-9-3-2-8-22(23)19-12-10-18(11-13-19)17-27-15-5-14-25-27/h2-16H,17H2,1H3,(H,26,28). The number of carbonyl (C=O) groups excluding carboxylic acids is 1. The Morgan fingerprint density at radius 1 is 1.00 bits per heavy atom. The molecule has 0 saturated heterocycles.